The quantitative estimate of drug-likeness (QED) is 0.732. The van der Waals surface area contributed by atoms with Gasteiger partial charge in [0.05, 0.1) is 6.61 Å². The first kappa shape index (κ1) is 14.4. The zero-order valence-electron chi connectivity index (χ0n) is 12.8. The Morgan fingerprint density at radius 2 is 2.00 bits per heavy atom. The van der Waals surface area contributed by atoms with Crippen molar-refractivity contribution < 1.29 is 4.74 Å². The number of hydrogen-bond donors (Lipinski definition) is 2. The summed E-state index contributed by atoms with van der Waals surface area (Å²) in [5, 5.41) is 4.48. The molecule has 0 saturated heterocycles. The van der Waals surface area contributed by atoms with Gasteiger partial charge in [-0.25, -0.2) is 9.97 Å². The minimum Gasteiger partial charge on any atom is -0.475 e. The van der Waals surface area contributed by atoms with Crippen LogP contribution in [0.15, 0.2) is 42.9 Å². The second-order valence-corrected chi connectivity index (χ2v) is 5.47. The van der Waals surface area contributed by atoms with Crippen molar-refractivity contribution in [3.63, 3.8) is 0 Å². The van der Waals surface area contributed by atoms with E-state index in [0.29, 0.717) is 18.3 Å². The van der Waals surface area contributed by atoms with Crippen LogP contribution < -0.4 is 10.1 Å². The molecule has 2 N–H and O–H groups in total. The molecule has 5 heteroatoms. The Morgan fingerprint density at radius 3 is 2.86 bits per heavy atom. The molecular formula is C17H20N4O. The van der Waals surface area contributed by atoms with Gasteiger partial charge in [-0.3, -0.25) is 0 Å². The van der Waals surface area contributed by atoms with Crippen molar-refractivity contribution in [2.75, 3.05) is 11.9 Å². The Hall–Kier alpha value is -2.56. The fraction of sp³-hybridized carbons (Fsp3) is 0.294. The summed E-state index contributed by atoms with van der Waals surface area (Å²) < 4.78 is 5.81. The average molecular weight is 296 g/mol. The first-order valence-electron chi connectivity index (χ1n) is 7.49. The smallest absolute Gasteiger partial charge is 0.257 e. The molecule has 0 unspecified atom stereocenters. The normalized spacial score (nSPS) is 11.0. The molecule has 114 valence electrons. The second kappa shape index (κ2) is 6.47. The van der Waals surface area contributed by atoms with Gasteiger partial charge in [0.25, 0.3) is 5.88 Å². The standard InChI is InChI=1S/C17H20N4O/c1-12(2)21-16-17(19-9-8-18-16)22-10-7-13-11-20-15-6-4-3-5-14(13)15/h3-6,8-9,11-12,20H,7,10H2,1-2H3,(H,18,21). The highest BCUT2D eigenvalue weighted by atomic mass is 16.5. The minimum absolute atomic E-state index is 0.285. The van der Waals surface area contributed by atoms with Crippen LogP contribution in [0, 0.1) is 0 Å². The van der Waals surface area contributed by atoms with E-state index in [1.807, 2.05) is 18.3 Å². The number of benzene rings is 1. The lowest BCUT2D eigenvalue weighted by Crippen LogP contribution is -2.13. The number of ether oxygens (including phenoxy) is 1. The van der Waals surface area contributed by atoms with Gasteiger partial charge in [0.15, 0.2) is 5.82 Å². The van der Waals surface area contributed by atoms with E-state index in [9.17, 15) is 0 Å². The Morgan fingerprint density at radius 1 is 1.18 bits per heavy atom. The van der Waals surface area contributed by atoms with E-state index in [2.05, 4.69) is 46.2 Å². The van der Waals surface area contributed by atoms with Crippen molar-refractivity contribution >= 4 is 16.7 Å². The van der Waals surface area contributed by atoms with Gasteiger partial charge in [-0.05, 0) is 25.5 Å². The molecule has 2 aromatic heterocycles. The van der Waals surface area contributed by atoms with Crippen LogP contribution in [0.5, 0.6) is 5.88 Å². The number of aromatic amines is 1. The first-order valence-corrected chi connectivity index (χ1v) is 7.49. The second-order valence-electron chi connectivity index (χ2n) is 5.47. The predicted molar refractivity (Wildman–Crippen MR) is 88.3 cm³/mol. The molecule has 0 atom stereocenters. The van der Waals surface area contributed by atoms with E-state index in [1.165, 1.54) is 10.9 Å². The van der Waals surface area contributed by atoms with Gasteiger partial charge in [-0.15, -0.1) is 0 Å². The molecule has 0 aliphatic carbocycles. The van der Waals surface area contributed by atoms with E-state index >= 15 is 0 Å². The lowest BCUT2D eigenvalue weighted by Gasteiger charge is -2.12. The molecular weight excluding hydrogens is 276 g/mol. The van der Waals surface area contributed by atoms with E-state index in [4.69, 9.17) is 4.74 Å². The van der Waals surface area contributed by atoms with Crippen molar-refractivity contribution in [2.45, 2.75) is 26.3 Å². The molecule has 22 heavy (non-hydrogen) atoms. The molecule has 0 bridgehead atoms. The van der Waals surface area contributed by atoms with E-state index in [1.54, 1.807) is 12.4 Å². The molecule has 0 amide bonds. The molecule has 0 radical (unpaired) electrons. The van der Waals surface area contributed by atoms with Crippen LogP contribution in [-0.2, 0) is 6.42 Å². The topological polar surface area (TPSA) is 62.8 Å². The lowest BCUT2D eigenvalue weighted by atomic mass is 10.1. The van der Waals surface area contributed by atoms with Gasteiger partial charge in [-0.1, -0.05) is 18.2 Å². The van der Waals surface area contributed by atoms with Crippen LogP contribution >= 0.6 is 0 Å². The number of hydrogen-bond acceptors (Lipinski definition) is 4. The Labute approximate surface area is 129 Å². The maximum atomic E-state index is 5.81. The largest absolute Gasteiger partial charge is 0.475 e. The highest BCUT2D eigenvalue weighted by Crippen LogP contribution is 2.21. The Kier molecular flexibility index (Phi) is 4.23. The number of rotatable bonds is 6. The van der Waals surface area contributed by atoms with Crippen molar-refractivity contribution in [3.8, 4) is 5.88 Å². The maximum absolute atomic E-state index is 5.81. The number of aromatic nitrogens is 3. The van der Waals surface area contributed by atoms with Gasteiger partial charge in [0.2, 0.25) is 0 Å². The predicted octanol–water partition coefficient (Wildman–Crippen LogP) is 3.40. The van der Waals surface area contributed by atoms with Crippen molar-refractivity contribution in [1.82, 2.24) is 15.0 Å². The summed E-state index contributed by atoms with van der Waals surface area (Å²) in [5.41, 5.74) is 2.40. The first-order chi connectivity index (χ1) is 10.7. The van der Waals surface area contributed by atoms with Crippen LogP contribution in [0.25, 0.3) is 10.9 Å². The summed E-state index contributed by atoms with van der Waals surface area (Å²) in [4.78, 5) is 11.8. The van der Waals surface area contributed by atoms with Crippen LogP contribution in [0.4, 0.5) is 5.82 Å². The van der Waals surface area contributed by atoms with Crippen LogP contribution in [0.3, 0.4) is 0 Å². The zero-order chi connectivity index (χ0) is 15.4. The van der Waals surface area contributed by atoms with E-state index in [-0.39, 0.29) is 6.04 Å². The lowest BCUT2D eigenvalue weighted by molar-refractivity contribution is 0.310. The van der Waals surface area contributed by atoms with Crippen molar-refractivity contribution in [1.29, 1.82) is 0 Å². The molecule has 0 spiro atoms. The van der Waals surface area contributed by atoms with E-state index < -0.39 is 0 Å². The maximum Gasteiger partial charge on any atom is 0.257 e. The third-order valence-electron chi connectivity index (χ3n) is 3.38. The molecule has 3 aromatic rings. The zero-order valence-corrected chi connectivity index (χ0v) is 12.8. The summed E-state index contributed by atoms with van der Waals surface area (Å²) in [7, 11) is 0. The van der Waals surface area contributed by atoms with Gasteiger partial charge in [-0.2, -0.15) is 0 Å². The molecule has 1 aromatic carbocycles. The number of para-hydroxylation sites is 1. The van der Waals surface area contributed by atoms with Gasteiger partial charge in [0.1, 0.15) is 0 Å². The molecule has 0 fully saturated rings. The molecule has 0 aliphatic heterocycles. The third kappa shape index (κ3) is 3.19. The molecule has 2 heterocycles. The number of fused-ring (bicyclic) bond motifs is 1. The van der Waals surface area contributed by atoms with E-state index in [0.717, 1.165) is 11.9 Å². The average Bonchev–Trinajstić information content (AvgIpc) is 2.92. The molecule has 0 aliphatic rings. The summed E-state index contributed by atoms with van der Waals surface area (Å²) in [6.45, 7) is 4.68. The number of H-pyrrole nitrogens is 1. The summed E-state index contributed by atoms with van der Waals surface area (Å²) in [6.07, 6.45) is 6.17. The van der Waals surface area contributed by atoms with Gasteiger partial charge < -0.3 is 15.0 Å². The third-order valence-corrected chi connectivity index (χ3v) is 3.38. The summed E-state index contributed by atoms with van der Waals surface area (Å²) >= 11 is 0. The number of nitrogens with zero attached hydrogens (tertiary/aromatic N) is 2. The Bertz CT molecular complexity index is 751. The van der Waals surface area contributed by atoms with Gasteiger partial charge in [0, 0.05) is 42.0 Å². The summed E-state index contributed by atoms with van der Waals surface area (Å²) in [5.74, 6) is 1.24. The van der Waals surface area contributed by atoms with Crippen molar-refractivity contribution in [2.24, 2.45) is 0 Å². The number of nitrogens with one attached hydrogen (secondary N) is 2. The molecule has 3 rings (SSSR count). The highest BCUT2D eigenvalue weighted by Gasteiger charge is 2.08. The SMILES string of the molecule is CC(C)Nc1nccnc1OCCc1c[nH]c2ccccc12. The summed E-state index contributed by atoms with van der Waals surface area (Å²) in [6, 6.07) is 8.56. The van der Waals surface area contributed by atoms with Crippen LogP contribution in [-0.4, -0.2) is 27.6 Å². The fourth-order valence-corrected chi connectivity index (χ4v) is 2.40. The minimum atomic E-state index is 0.285. The highest BCUT2D eigenvalue weighted by molar-refractivity contribution is 5.83. The van der Waals surface area contributed by atoms with Crippen LogP contribution in [0.1, 0.15) is 19.4 Å². The van der Waals surface area contributed by atoms with Crippen molar-refractivity contribution in [3.05, 3.63) is 48.4 Å². The fourth-order valence-electron chi connectivity index (χ4n) is 2.40. The molecule has 5 nitrogen and oxygen atoms in total. The Balaban J connectivity index is 1.66. The monoisotopic (exact) mass is 296 g/mol. The van der Waals surface area contributed by atoms with Gasteiger partial charge >= 0.3 is 0 Å². The number of anilines is 1. The molecule has 0 saturated carbocycles. The van der Waals surface area contributed by atoms with Crippen LogP contribution in [0.2, 0.25) is 0 Å².